The fourth-order valence-electron chi connectivity index (χ4n) is 2.20. The van der Waals surface area contributed by atoms with Crippen molar-refractivity contribution in [1.82, 2.24) is 0 Å². The van der Waals surface area contributed by atoms with E-state index in [2.05, 4.69) is 5.92 Å². The van der Waals surface area contributed by atoms with Gasteiger partial charge < -0.3 is 0 Å². The summed E-state index contributed by atoms with van der Waals surface area (Å²) in [5.41, 5.74) is 1.48. The lowest BCUT2D eigenvalue weighted by atomic mass is 10.1. The Morgan fingerprint density at radius 1 is 0.952 bits per heavy atom. The molecule has 2 aromatic carbocycles. The second-order valence-corrected chi connectivity index (χ2v) is 5.27. The molecule has 3 rings (SSSR count). The van der Waals surface area contributed by atoms with E-state index in [0.717, 1.165) is 4.90 Å². The van der Waals surface area contributed by atoms with Crippen molar-refractivity contribution in [3.63, 3.8) is 0 Å². The van der Waals surface area contributed by atoms with Gasteiger partial charge in [0.2, 0.25) is 0 Å². The molecule has 0 radical (unpaired) electrons. The molecule has 2 aromatic rings. The zero-order valence-corrected chi connectivity index (χ0v) is 12.1. The fraction of sp³-hybridized carbons (Fsp3) is 0. The molecular formula is C16H7Cl2NO2. The van der Waals surface area contributed by atoms with Crippen molar-refractivity contribution < 1.29 is 9.59 Å². The van der Waals surface area contributed by atoms with Crippen LogP contribution in [0, 0.1) is 12.3 Å². The van der Waals surface area contributed by atoms with Crippen LogP contribution in [-0.4, -0.2) is 11.8 Å². The van der Waals surface area contributed by atoms with Crippen LogP contribution in [0.15, 0.2) is 36.4 Å². The maximum Gasteiger partial charge on any atom is 0.266 e. The van der Waals surface area contributed by atoms with Gasteiger partial charge in [-0.25, -0.2) is 4.90 Å². The van der Waals surface area contributed by atoms with E-state index in [1.807, 2.05) is 0 Å². The van der Waals surface area contributed by atoms with Crippen molar-refractivity contribution in [3.8, 4) is 12.3 Å². The van der Waals surface area contributed by atoms with E-state index in [9.17, 15) is 9.59 Å². The van der Waals surface area contributed by atoms with E-state index >= 15 is 0 Å². The summed E-state index contributed by atoms with van der Waals surface area (Å²) < 4.78 is 0. The van der Waals surface area contributed by atoms with Crippen LogP contribution >= 0.6 is 23.2 Å². The van der Waals surface area contributed by atoms with Gasteiger partial charge in [0.1, 0.15) is 0 Å². The third-order valence-corrected chi connectivity index (χ3v) is 3.92. The molecule has 0 unspecified atom stereocenters. The molecule has 0 bridgehead atoms. The molecule has 0 aliphatic carbocycles. The van der Waals surface area contributed by atoms with Gasteiger partial charge in [-0.2, -0.15) is 0 Å². The first-order chi connectivity index (χ1) is 10.0. The zero-order chi connectivity index (χ0) is 15.1. The summed E-state index contributed by atoms with van der Waals surface area (Å²) in [5, 5.41) is 0.464. The topological polar surface area (TPSA) is 37.4 Å². The molecule has 0 fully saturated rings. The van der Waals surface area contributed by atoms with Gasteiger partial charge >= 0.3 is 0 Å². The van der Waals surface area contributed by atoms with Gasteiger partial charge in [-0.05, 0) is 30.3 Å². The van der Waals surface area contributed by atoms with E-state index in [0.29, 0.717) is 11.3 Å². The summed E-state index contributed by atoms with van der Waals surface area (Å²) in [6.45, 7) is 0. The number of benzene rings is 2. The predicted molar refractivity (Wildman–Crippen MR) is 82.0 cm³/mol. The minimum Gasteiger partial charge on any atom is -0.268 e. The van der Waals surface area contributed by atoms with E-state index in [1.54, 1.807) is 24.3 Å². The van der Waals surface area contributed by atoms with Gasteiger partial charge in [-0.1, -0.05) is 35.2 Å². The first-order valence-corrected chi connectivity index (χ1v) is 6.73. The van der Waals surface area contributed by atoms with E-state index in [4.69, 9.17) is 29.6 Å². The quantitative estimate of drug-likeness (QED) is 0.593. The molecule has 102 valence electrons. The lowest BCUT2D eigenvalue weighted by Crippen LogP contribution is -2.29. The molecule has 1 aliphatic rings. The molecular weight excluding hydrogens is 309 g/mol. The number of imide groups is 1. The molecule has 0 spiro atoms. The van der Waals surface area contributed by atoms with E-state index in [1.165, 1.54) is 12.1 Å². The summed E-state index contributed by atoms with van der Waals surface area (Å²) in [5.74, 6) is 1.58. The number of rotatable bonds is 1. The molecule has 0 saturated heterocycles. The van der Waals surface area contributed by atoms with Gasteiger partial charge in [0.05, 0.1) is 26.9 Å². The minimum atomic E-state index is -0.442. The van der Waals surface area contributed by atoms with E-state index < -0.39 is 11.8 Å². The molecule has 21 heavy (non-hydrogen) atoms. The third kappa shape index (κ3) is 2.09. The highest BCUT2D eigenvalue weighted by Crippen LogP contribution is 2.34. The predicted octanol–water partition coefficient (Wildman–Crippen LogP) is 3.78. The molecule has 0 N–H and O–H groups in total. The van der Waals surface area contributed by atoms with Gasteiger partial charge in [-0.15, -0.1) is 6.42 Å². The number of carbonyl (C=O) groups excluding carboxylic acids is 2. The van der Waals surface area contributed by atoms with E-state index in [-0.39, 0.29) is 21.2 Å². The van der Waals surface area contributed by atoms with Crippen molar-refractivity contribution in [1.29, 1.82) is 0 Å². The highest BCUT2D eigenvalue weighted by Gasteiger charge is 2.37. The average Bonchev–Trinajstić information content (AvgIpc) is 2.71. The van der Waals surface area contributed by atoms with Gasteiger partial charge in [-0.3, -0.25) is 9.59 Å². The first-order valence-electron chi connectivity index (χ1n) is 5.97. The number of hydrogen-bond acceptors (Lipinski definition) is 2. The van der Waals surface area contributed by atoms with Gasteiger partial charge in [0.25, 0.3) is 11.8 Å². The molecule has 2 amide bonds. The smallest absolute Gasteiger partial charge is 0.266 e. The van der Waals surface area contributed by atoms with Crippen molar-refractivity contribution in [2.24, 2.45) is 0 Å². The number of hydrogen-bond donors (Lipinski definition) is 0. The van der Waals surface area contributed by atoms with Crippen LogP contribution < -0.4 is 4.90 Å². The molecule has 1 aliphatic heterocycles. The minimum absolute atomic E-state index is 0.232. The molecule has 5 heteroatoms. The number of fused-ring (bicyclic) bond motifs is 1. The molecule has 0 aromatic heterocycles. The molecule has 0 saturated carbocycles. The summed E-state index contributed by atoms with van der Waals surface area (Å²) in [6.07, 6.45) is 5.34. The van der Waals surface area contributed by atoms with Crippen LogP contribution in [0.1, 0.15) is 26.3 Å². The standard InChI is InChI=1S/C16H7Cl2NO2/c1-2-9-4-3-5-10(6-9)19-15(20)11-7-13(17)14(18)8-12(11)16(19)21/h1,3-8H. The highest BCUT2D eigenvalue weighted by atomic mass is 35.5. The Labute approximate surface area is 131 Å². The average molecular weight is 316 g/mol. The van der Waals surface area contributed by atoms with Crippen molar-refractivity contribution in [2.75, 3.05) is 4.90 Å². The lowest BCUT2D eigenvalue weighted by Gasteiger charge is -2.13. The Bertz CT molecular complexity index is 796. The lowest BCUT2D eigenvalue weighted by molar-refractivity contribution is 0.0926. The zero-order valence-electron chi connectivity index (χ0n) is 10.6. The summed E-state index contributed by atoms with van der Waals surface area (Å²) in [7, 11) is 0. The first kappa shape index (κ1) is 13.7. The summed E-state index contributed by atoms with van der Waals surface area (Å²) >= 11 is 11.8. The Hall–Kier alpha value is -2.28. The van der Waals surface area contributed by atoms with Crippen LogP contribution in [0.25, 0.3) is 0 Å². The summed E-state index contributed by atoms with van der Waals surface area (Å²) in [6, 6.07) is 9.47. The number of halogens is 2. The van der Waals surface area contributed by atoms with Crippen LogP contribution in [0.3, 0.4) is 0 Å². The molecule has 1 heterocycles. The van der Waals surface area contributed by atoms with Crippen LogP contribution in [0.5, 0.6) is 0 Å². The Kier molecular flexibility index (Phi) is 3.21. The SMILES string of the molecule is C#Cc1cccc(N2C(=O)c3cc(Cl)c(Cl)cc3C2=O)c1. The Morgan fingerprint density at radius 2 is 1.52 bits per heavy atom. The summed E-state index contributed by atoms with van der Waals surface area (Å²) in [4.78, 5) is 25.9. The van der Waals surface area contributed by atoms with Crippen molar-refractivity contribution >= 4 is 40.7 Å². The molecule has 3 nitrogen and oxygen atoms in total. The molecule has 0 atom stereocenters. The van der Waals surface area contributed by atoms with Crippen LogP contribution in [0.2, 0.25) is 10.0 Å². The number of terminal acetylenes is 1. The number of nitrogens with zero attached hydrogens (tertiary/aromatic N) is 1. The highest BCUT2D eigenvalue weighted by molar-refractivity contribution is 6.44. The van der Waals surface area contributed by atoms with Gasteiger partial charge in [0.15, 0.2) is 0 Å². The Morgan fingerprint density at radius 3 is 2.05 bits per heavy atom. The Balaban J connectivity index is 2.14. The maximum atomic E-state index is 12.4. The third-order valence-electron chi connectivity index (χ3n) is 3.20. The fourth-order valence-corrected chi connectivity index (χ4v) is 2.53. The van der Waals surface area contributed by atoms with Crippen molar-refractivity contribution in [3.05, 3.63) is 63.1 Å². The second-order valence-electron chi connectivity index (χ2n) is 4.45. The van der Waals surface area contributed by atoms with Crippen LogP contribution in [-0.2, 0) is 0 Å². The van der Waals surface area contributed by atoms with Crippen LogP contribution in [0.4, 0.5) is 5.69 Å². The normalized spacial score (nSPS) is 13.3. The van der Waals surface area contributed by atoms with Crippen molar-refractivity contribution in [2.45, 2.75) is 0 Å². The number of anilines is 1. The second kappa shape index (κ2) is 4.92. The maximum absolute atomic E-state index is 12.4. The number of carbonyl (C=O) groups is 2. The number of amides is 2. The monoisotopic (exact) mass is 315 g/mol. The largest absolute Gasteiger partial charge is 0.268 e. The van der Waals surface area contributed by atoms with Gasteiger partial charge in [0, 0.05) is 5.56 Å².